The Hall–Kier alpha value is -5.80. The van der Waals surface area contributed by atoms with E-state index in [1.165, 1.54) is 0 Å². The zero-order valence-corrected chi connectivity index (χ0v) is 32.3. The third-order valence-electron chi connectivity index (χ3n) is 8.12. The fourth-order valence-corrected chi connectivity index (χ4v) is 4.55. The van der Waals surface area contributed by atoms with Gasteiger partial charge in [0.2, 0.25) is 0 Å². The van der Waals surface area contributed by atoms with E-state index in [1.54, 1.807) is 7.05 Å². The van der Waals surface area contributed by atoms with Gasteiger partial charge in [-0.1, -0.05) is 36.1 Å². The smallest absolute Gasteiger partial charge is 0.140 e. The lowest BCUT2D eigenvalue weighted by Crippen LogP contribution is -2.40. The molecule has 56 heavy (non-hydrogen) atoms. The number of hydrogen-bond donors (Lipinski definition) is 15. The molecule has 0 saturated carbocycles. The molecule has 0 rings (SSSR count). The molecule has 0 amide bonds. The molecule has 0 heterocycles. The predicted molar refractivity (Wildman–Crippen MR) is 214 cm³/mol. The number of nitrogens with two attached hydrogens (primary N) is 8. The molecule has 27 nitrogen and oxygen atoms in total. The van der Waals surface area contributed by atoms with Crippen molar-refractivity contribution in [3.8, 4) is 0 Å². The fraction of sp³-hybridized carbons (Fsp3) is 0.724. The van der Waals surface area contributed by atoms with Crippen LogP contribution >= 0.6 is 0 Å². The van der Waals surface area contributed by atoms with Crippen molar-refractivity contribution in [1.29, 1.82) is 0 Å². The first-order valence-electron chi connectivity index (χ1n) is 17.6. The molecular weight excluding hydrogens is 740 g/mol. The van der Waals surface area contributed by atoms with Crippen LogP contribution in [0.1, 0.15) is 51.4 Å². The van der Waals surface area contributed by atoms with Crippen molar-refractivity contribution < 1.29 is 36.5 Å². The SMILES string of the molecule is CN=C(N)CCN(CC/C(N)=N/O)CCN(CC/C(N)=N/O)CC/C(N)=N/O.N/C(CCN(CC/C(N)=N/O)CCN(CC/C(N)=N/O)CC/C(N)=N/O)=N\O. The minimum absolute atomic E-state index is 0.101. The number of nitrogens with zero attached hydrogens (tertiary/aromatic N) is 12. The molecule has 0 bridgehead atoms. The van der Waals surface area contributed by atoms with Crippen molar-refractivity contribution in [3.63, 3.8) is 0 Å². The van der Waals surface area contributed by atoms with Crippen LogP contribution in [0.5, 0.6) is 0 Å². The molecule has 0 unspecified atom stereocenters. The van der Waals surface area contributed by atoms with Crippen LogP contribution in [-0.2, 0) is 0 Å². The van der Waals surface area contributed by atoms with Crippen molar-refractivity contribution in [2.45, 2.75) is 51.4 Å². The molecule has 0 saturated heterocycles. The topological polar surface area (TPSA) is 462 Å². The molecule has 0 spiro atoms. The highest BCUT2D eigenvalue weighted by Gasteiger charge is 2.14. The average Bonchev–Trinajstić information content (AvgIpc) is 3.22. The molecular formula is C29H66N20O7. The molecule has 0 fully saturated rings. The number of amidine groups is 8. The first kappa shape index (κ1) is 52.3. The summed E-state index contributed by atoms with van der Waals surface area (Å²) in [4.78, 5) is 12.2. The van der Waals surface area contributed by atoms with Crippen LogP contribution in [0.25, 0.3) is 0 Å². The Bertz CT molecular complexity index is 1010. The summed E-state index contributed by atoms with van der Waals surface area (Å²) in [6, 6.07) is 0. The van der Waals surface area contributed by atoms with Gasteiger partial charge in [-0.05, 0) is 0 Å². The van der Waals surface area contributed by atoms with Gasteiger partial charge in [0.25, 0.3) is 0 Å². The first-order chi connectivity index (χ1) is 26.7. The van der Waals surface area contributed by atoms with Crippen molar-refractivity contribution in [2.24, 2.45) is 87.0 Å². The summed E-state index contributed by atoms with van der Waals surface area (Å²) in [5.41, 5.74) is 44.5. The van der Waals surface area contributed by atoms with Crippen LogP contribution in [-0.4, -0.2) is 188 Å². The first-order valence-corrected chi connectivity index (χ1v) is 17.6. The lowest BCUT2D eigenvalue weighted by Gasteiger charge is -2.27. The van der Waals surface area contributed by atoms with Crippen LogP contribution in [0.4, 0.5) is 0 Å². The molecule has 0 aliphatic heterocycles. The molecule has 27 heteroatoms. The van der Waals surface area contributed by atoms with E-state index in [4.69, 9.17) is 82.3 Å². The monoisotopic (exact) mass is 807 g/mol. The highest BCUT2D eigenvalue weighted by molar-refractivity contribution is 5.82. The van der Waals surface area contributed by atoms with E-state index in [1.807, 2.05) is 9.80 Å². The van der Waals surface area contributed by atoms with Crippen LogP contribution in [0.3, 0.4) is 0 Å². The average molecular weight is 807 g/mol. The second-order valence-electron chi connectivity index (χ2n) is 12.2. The maximum atomic E-state index is 8.72. The van der Waals surface area contributed by atoms with E-state index in [2.05, 4.69) is 50.9 Å². The molecule has 324 valence electrons. The zero-order valence-electron chi connectivity index (χ0n) is 32.3. The number of aliphatic imine (C=N–C) groups is 1. The summed E-state index contributed by atoms with van der Waals surface area (Å²) in [5.74, 6) is 1.36. The molecule has 0 aromatic heterocycles. The minimum Gasteiger partial charge on any atom is -0.409 e. The maximum Gasteiger partial charge on any atom is 0.140 e. The Morgan fingerprint density at radius 1 is 0.286 bits per heavy atom. The van der Waals surface area contributed by atoms with Gasteiger partial charge in [-0.25, -0.2) is 0 Å². The van der Waals surface area contributed by atoms with Crippen LogP contribution in [0, 0.1) is 0 Å². The summed E-state index contributed by atoms with van der Waals surface area (Å²) in [6.45, 7) is 6.84. The molecule has 0 aromatic carbocycles. The van der Waals surface area contributed by atoms with Gasteiger partial charge in [0.1, 0.15) is 40.8 Å². The Kier molecular flexibility index (Phi) is 31.5. The van der Waals surface area contributed by atoms with Gasteiger partial charge in [-0.15, -0.1) is 0 Å². The zero-order chi connectivity index (χ0) is 42.7. The van der Waals surface area contributed by atoms with Gasteiger partial charge in [-0.3, -0.25) is 4.99 Å². The number of hydrogen-bond acceptors (Lipinski definition) is 19. The summed E-state index contributed by atoms with van der Waals surface area (Å²) >= 11 is 0. The van der Waals surface area contributed by atoms with Crippen LogP contribution < -0.4 is 45.9 Å². The van der Waals surface area contributed by atoms with Gasteiger partial charge < -0.3 is 102 Å². The van der Waals surface area contributed by atoms with E-state index >= 15 is 0 Å². The van der Waals surface area contributed by atoms with E-state index in [0.717, 1.165) is 0 Å². The molecule has 0 radical (unpaired) electrons. The third kappa shape index (κ3) is 29.6. The standard InChI is InChI=1S/C15H34N10O3.C14H32N10O4/c1-20-12(16)2-6-24(7-3-13(17)21-26)10-11-25(8-4-14(18)22-27)9-5-15(19)23-28;15-11(19-25)1-5-23(6-2-12(16)20-26)9-10-24(7-3-13(17)21-27)8-4-14(18)22-28/h26-28H,2-11H2,1H3,(H2,16,20)(H2,17,21)(H2,18,22)(H2,19,23);25-28H,1-10H2,(H2,15,19)(H2,16,20)(H2,17,21)(H2,18,22). The fourth-order valence-electron chi connectivity index (χ4n) is 4.55. The van der Waals surface area contributed by atoms with Gasteiger partial charge in [-0.2, -0.15) is 0 Å². The molecule has 0 aliphatic carbocycles. The second-order valence-corrected chi connectivity index (χ2v) is 12.2. The Morgan fingerprint density at radius 3 is 0.554 bits per heavy atom. The van der Waals surface area contributed by atoms with Crippen molar-refractivity contribution in [1.82, 2.24) is 19.6 Å². The molecule has 0 atom stereocenters. The third-order valence-corrected chi connectivity index (χ3v) is 8.12. The Labute approximate surface area is 326 Å². The van der Waals surface area contributed by atoms with Crippen LogP contribution in [0.2, 0.25) is 0 Å². The quantitative estimate of drug-likeness (QED) is 0.0145. The van der Waals surface area contributed by atoms with Crippen LogP contribution in [0.15, 0.2) is 41.1 Å². The van der Waals surface area contributed by atoms with E-state index in [9.17, 15) is 0 Å². The Morgan fingerprint density at radius 2 is 0.429 bits per heavy atom. The van der Waals surface area contributed by atoms with Crippen molar-refractivity contribution in [3.05, 3.63) is 0 Å². The van der Waals surface area contributed by atoms with Crippen molar-refractivity contribution >= 4 is 46.7 Å². The minimum atomic E-state index is 0.101. The maximum absolute atomic E-state index is 8.72. The van der Waals surface area contributed by atoms with Gasteiger partial charge in [0.15, 0.2) is 0 Å². The highest BCUT2D eigenvalue weighted by Crippen LogP contribution is 2.02. The molecule has 23 N–H and O–H groups in total. The number of oxime groups is 7. The lowest BCUT2D eigenvalue weighted by molar-refractivity contribution is 0.212. The largest absolute Gasteiger partial charge is 0.409 e. The van der Waals surface area contributed by atoms with E-state index < -0.39 is 0 Å². The van der Waals surface area contributed by atoms with Gasteiger partial charge in [0.05, 0.1) is 5.84 Å². The summed E-state index contributed by atoms with van der Waals surface area (Å²) in [6.07, 6.45) is 3.16. The lowest BCUT2D eigenvalue weighted by atomic mass is 10.2. The van der Waals surface area contributed by atoms with Gasteiger partial charge >= 0.3 is 0 Å². The Balaban J connectivity index is 0. The molecule has 0 aromatic rings. The normalized spacial score (nSPS) is 14.2. The summed E-state index contributed by atoms with van der Waals surface area (Å²) in [7, 11) is 1.64. The van der Waals surface area contributed by atoms with Gasteiger partial charge in [0, 0.05) is 137 Å². The number of rotatable bonds is 30. The highest BCUT2D eigenvalue weighted by atomic mass is 16.4. The van der Waals surface area contributed by atoms with Crippen molar-refractivity contribution in [2.75, 3.05) is 85.6 Å². The predicted octanol–water partition coefficient (Wildman–Crippen LogP) is -3.49. The van der Waals surface area contributed by atoms with E-state index in [0.29, 0.717) is 136 Å². The second kappa shape index (κ2) is 33.7. The summed E-state index contributed by atoms with van der Waals surface area (Å²) < 4.78 is 0. The summed E-state index contributed by atoms with van der Waals surface area (Å²) in [5, 5.41) is 81.6. The van der Waals surface area contributed by atoms with E-state index in [-0.39, 0.29) is 40.8 Å². The molecule has 0 aliphatic rings.